The predicted molar refractivity (Wildman–Crippen MR) is 62.5 cm³/mol. The van der Waals surface area contributed by atoms with E-state index < -0.39 is 0 Å². The van der Waals surface area contributed by atoms with Gasteiger partial charge in [0.2, 0.25) is 5.91 Å². The molecule has 1 aliphatic carbocycles. The van der Waals surface area contributed by atoms with Crippen LogP contribution in [0.1, 0.15) is 40.0 Å². The molecule has 0 heterocycles. The van der Waals surface area contributed by atoms with Gasteiger partial charge in [0, 0.05) is 6.04 Å². The highest BCUT2D eigenvalue weighted by molar-refractivity contribution is 9.10. The minimum atomic E-state index is -0.0737. The average Bonchev–Trinajstić information content (AvgIpc) is 2.47. The maximum absolute atomic E-state index is 11.5. The zero-order valence-corrected chi connectivity index (χ0v) is 10.8. The van der Waals surface area contributed by atoms with Gasteiger partial charge in [0.1, 0.15) is 0 Å². The molecule has 1 fully saturated rings. The highest BCUT2D eigenvalue weighted by Gasteiger charge is 2.32. The van der Waals surface area contributed by atoms with Crippen molar-refractivity contribution < 1.29 is 4.79 Å². The molecule has 4 atom stereocenters. The van der Waals surface area contributed by atoms with E-state index in [1.807, 2.05) is 6.92 Å². The molecule has 0 saturated heterocycles. The van der Waals surface area contributed by atoms with Crippen LogP contribution in [-0.4, -0.2) is 16.8 Å². The summed E-state index contributed by atoms with van der Waals surface area (Å²) in [6, 6.07) is 0.396. The Balaban J connectivity index is 2.44. The third kappa shape index (κ3) is 2.72. The molecule has 1 rings (SSSR count). The molecule has 1 saturated carbocycles. The lowest BCUT2D eigenvalue weighted by molar-refractivity contribution is -0.121. The van der Waals surface area contributed by atoms with Gasteiger partial charge in [-0.2, -0.15) is 0 Å². The standard InChI is InChI=1S/C11H20BrNO/c1-4-9-5-6-10(7(9)2)13-11(14)8(3)12/h7-10H,4-6H2,1-3H3,(H,13,14). The Bertz CT molecular complexity index is 205. The fourth-order valence-corrected chi connectivity index (χ4v) is 2.46. The van der Waals surface area contributed by atoms with E-state index in [9.17, 15) is 4.79 Å². The molecule has 1 amide bonds. The number of rotatable bonds is 3. The van der Waals surface area contributed by atoms with Crippen molar-refractivity contribution in [2.45, 2.75) is 50.9 Å². The second-order valence-electron chi connectivity index (χ2n) is 4.34. The summed E-state index contributed by atoms with van der Waals surface area (Å²) < 4.78 is 0. The van der Waals surface area contributed by atoms with E-state index in [0.29, 0.717) is 12.0 Å². The first-order valence-corrected chi connectivity index (χ1v) is 6.42. The quantitative estimate of drug-likeness (QED) is 0.778. The Morgan fingerprint density at radius 1 is 1.57 bits per heavy atom. The molecule has 14 heavy (non-hydrogen) atoms. The maximum atomic E-state index is 11.5. The van der Waals surface area contributed by atoms with Crippen LogP contribution < -0.4 is 5.32 Å². The molecule has 3 heteroatoms. The zero-order valence-electron chi connectivity index (χ0n) is 9.22. The summed E-state index contributed by atoms with van der Waals surface area (Å²) in [5.74, 6) is 1.56. The first-order chi connectivity index (χ1) is 6.56. The fourth-order valence-electron chi connectivity index (χ4n) is 2.33. The summed E-state index contributed by atoms with van der Waals surface area (Å²) in [6.07, 6.45) is 3.64. The van der Waals surface area contributed by atoms with Crippen LogP contribution >= 0.6 is 15.9 Å². The summed E-state index contributed by atoms with van der Waals surface area (Å²) in [6.45, 7) is 6.36. The summed E-state index contributed by atoms with van der Waals surface area (Å²) in [7, 11) is 0. The van der Waals surface area contributed by atoms with Crippen LogP contribution in [0.3, 0.4) is 0 Å². The van der Waals surface area contributed by atoms with Gasteiger partial charge in [-0.1, -0.05) is 36.2 Å². The molecular weight excluding hydrogens is 242 g/mol. The monoisotopic (exact) mass is 261 g/mol. The minimum Gasteiger partial charge on any atom is -0.352 e. The summed E-state index contributed by atoms with van der Waals surface area (Å²) >= 11 is 3.29. The van der Waals surface area contributed by atoms with Crippen molar-refractivity contribution in [2.75, 3.05) is 0 Å². The van der Waals surface area contributed by atoms with Gasteiger partial charge in [0.15, 0.2) is 0 Å². The average molecular weight is 262 g/mol. The number of carbonyl (C=O) groups is 1. The first kappa shape index (κ1) is 12.0. The van der Waals surface area contributed by atoms with E-state index >= 15 is 0 Å². The van der Waals surface area contributed by atoms with Crippen molar-refractivity contribution >= 4 is 21.8 Å². The predicted octanol–water partition coefficient (Wildman–Crippen LogP) is 2.71. The molecular formula is C11H20BrNO. The van der Waals surface area contributed by atoms with Gasteiger partial charge < -0.3 is 5.32 Å². The summed E-state index contributed by atoms with van der Waals surface area (Å²) in [5.41, 5.74) is 0. The summed E-state index contributed by atoms with van der Waals surface area (Å²) in [4.78, 5) is 11.4. The van der Waals surface area contributed by atoms with E-state index in [4.69, 9.17) is 0 Å². The van der Waals surface area contributed by atoms with Gasteiger partial charge in [-0.3, -0.25) is 4.79 Å². The molecule has 0 radical (unpaired) electrons. The molecule has 0 aromatic carbocycles. The highest BCUT2D eigenvalue weighted by atomic mass is 79.9. The van der Waals surface area contributed by atoms with Crippen LogP contribution in [0.25, 0.3) is 0 Å². The largest absolute Gasteiger partial charge is 0.352 e. The molecule has 0 aromatic rings. The Morgan fingerprint density at radius 3 is 2.64 bits per heavy atom. The molecule has 0 bridgehead atoms. The number of alkyl halides is 1. The highest BCUT2D eigenvalue weighted by Crippen LogP contribution is 2.33. The van der Waals surface area contributed by atoms with Crippen LogP contribution in [0.15, 0.2) is 0 Å². The topological polar surface area (TPSA) is 29.1 Å². The van der Waals surface area contributed by atoms with E-state index in [1.54, 1.807) is 0 Å². The number of hydrogen-bond acceptors (Lipinski definition) is 1. The van der Waals surface area contributed by atoms with Gasteiger partial charge in [-0.05, 0) is 31.6 Å². The molecule has 0 aromatic heterocycles. The van der Waals surface area contributed by atoms with Crippen molar-refractivity contribution in [2.24, 2.45) is 11.8 Å². The van der Waals surface area contributed by atoms with Crippen molar-refractivity contribution in [3.8, 4) is 0 Å². The molecule has 0 aliphatic heterocycles. The third-order valence-electron chi connectivity index (χ3n) is 3.44. The Morgan fingerprint density at radius 2 is 2.21 bits per heavy atom. The van der Waals surface area contributed by atoms with Gasteiger partial charge in [-0.25, -0.2) is 0 Å². The smallest absolute Gasteiger partial charge is 0.233 e. The summed E-state index contributed by atoms with van der Waals surface area (Å²) in [5, 5.41) is 3.11. The minimum absolute atomic E-state index is 0.0737. The third-order valence-corrected chi connectivity index (χ3v) is 3.86. The zero-order chi connectivity index (χ0) is 10.7. The van der Waals surface area contributed by atoms with Crippen LogP contribution in [0.4, 0.5) is 0 Å². The maximum Gasteiger partial charge on any atom is 0.233 e. The fraction of sp³-hybridized carbons (Fsp3) is 0.909. The Labute approximate surface area is 95.0 Å². The number of amides is 1. The molecule has 2 nitrogen and oxygen atoms in total. The van der Waals surface area contributed by atoms with E-state index in [1.165, 1.54) is 12.8 Å². The second-order valence-corrected chi connectivity index (χ2v) is 5.71. The van der Waals surface area contributed by atoms with Crippen molar-refractivity contribution in [1.82, 2.24) is 5.32 Å². The first-order valence-electron chi connectivity index (χ1n) is 5.50. The molecule has 1 aliphatic rings. The number of halogens is 1. The van der Waals surface area contributed by atoms with Crippen LogP contribution in [0.5, 0.6) is 0 Å². The number of nitrogens with one attached hydrogen (secondary N) is 1. The van der Waals surface area contributed by atoms with Crippen molar-refractivity contribution in [3.05, 3.63) is 0 Å². The number of hydrogen-bond donors (Lipinski definition) is 1. The van der Waals surface area contributed by atoms with E-state index in [-0.39, 0.29) is 10.7 Å². The molecule has 4 unspecified atom stereocenters. The molecule has 82 valence electrons. The molecule has 0 spiro atoms. The van der Waals surface area contributed by atoms with E-state index in [2.05, 4.69) is 35.1 Å². The second kappa shape index (κ2) is 5.15. The normalized spacial score (nSPS) is 34.1. The van der Waals surface area contributed by atoms with E-state index in [0.717, 1.165) is 12.3 Å². The lowest BCUT2D eigenvalue weighted by atomic mass is 9.93. The van der Waals surface area contributed by atoms with Gasteiger partial charge >= 0.3 is 0 Å². The Kier molecular flexibility index (Phi) is 4.42. The van der Waals surface area contributed by atoms with Crippen LogP contribution in [0.2, 0.25) is 0 Å². The number of carbonyl (C=O) groups excluding carboxylic acids is 1. The van der Waals surface area contributed by atoms with Crippen molar-refractivity contribution in [1.29, 1.82) is 0 Å². The van der Waals surface area contributed by atoms with Gasteiger partial charge in [0.25, 0.3) is 0 Å². The van der Waals surface area contributed by atoms with Gasteiger partial charge in [0.05, 0.1) is 4.83 Å². The lowest BCUT2D eigenvalue weighted by Crippen LogP contribution is -2.40. The Hall–Kier alpha value is -0.0500. The van der Waals surface area contributed by atoms with Crippen LogP contribution in [-0.2, 0) is 4.79 Å². The molecule has 1 N–H and O–H groups in total. The van der Waals surface area contributed by atoms with Crippen molar-refractivity contribution in [3.63, 3.8) is 0 Å². The van der Waals surface area contributed by atoms with Gasteiger partial charge in [-0.15, -0.1) is 0 Å². The lowest BCUT2D eigenvalue weighted by Gasteiger charge is -2.21. The SMILES string of the molecule is CCC1CCC(NC(=O)C(C)Br)C1C. The van der Waals surface area contributed by atoms with Crippen LogP contribution in [0, 0.1) is 11.8 Å².